The van der Waals surface area contributed by atoms with Crippen molar-refractivity contribution in [2.45, 2.75) is 20.3 Å². The van der Waals surface area contributed by atoms with Crippen LogP contribution in [0.25, 0.3) is 0 Å². The standard InChI is InChI=1S/C19H22FNO3/c1-13-4-6-17(14(2)10-13)24-9-8-21-19(22)12-15-5-7-18(23-3)16(20)11-15/h4-7,10-11H,8-9,12H2,1-3H3,(H,21,22). The van der Waals surface area contributed by atoms with Crippen LogP contribution in [0.4, 0.5) is 4.39 Å². The molecule has 5 heteroatoms. The highest BCUT2D eigenvalue weighted by molar-refractivity contribution is 5.78. The average Bonchev–Trinajstić information content (AvgIpc) is 2.53. The van der Waals surface area contributed by atoms with Gasteiger partial charge in [0.15, 0.2) is 11.6 Å². The lowest BCUT2D eigenvalue weighted by Gasteiger charge is -2.11. The van der Waals surface area contributed by atoms with Crippen molar-refractivity contribution in [3.05, 3.63) is 58.9 Å². The minimum atomic E-state index is -0.471. The summed E-state index contributed by atoms with van der Waals surface area (Å²) < 4.78 is 24.1. The zero-order valence-corrected chi connectivity index (χ0v) is 14.2. The monoisotopic (exact) mass is 331 g/mol. The van der Waals surface area contributed by atoms with Crippen LogP contribution in [-0.2, 0) is 11.2 Å². The number of carbonyl (C=O) groups is 1. The van der Waals surface area contributed by atoms with Crippen molar-refractivity contribution in [3.8, 4) is 11.5 Å². The fraction of sp³-hybridized carbons (Fsp3) is 0.316. The summed E-state index contributed by atoms with van der Waals surface area (Å²) in [5.41, 5.74) is 2.84. The second-order valence-electron chi connectivity index (χ2n) is 5.61. The number of halogens is 1. The molecule has 4 nitrogen and oxygen atoms in total. The van der Waals surface area contributed by atoms with E-state index >= 15 is 0 Å². The van der Waals surface area contributed by atoms with Crippen molar-refractivity contribution in [3.63, 3.8) is 0 Å². The molecule has 2 rings (SSSR count). The van der Waals surface area contributed by atoms with Gasteiger partial charge in [-0.1, -0.05) is 23.8 Å². The van der Waals surface area contributed by atoms with Crippen molar-refractivity contribution in [1.82, 2.24) is 5.32 Å². The third-order valence-electron chi connectivity index (χ3n) is 3.59. The molecule has 1 amide bonds. The first-order valence-corrected chi connectivity index (χ1v) is 7.79. The van der Waals surface area contributed by atoms with Crippen LogP contribution in [-0.4, -0.2) is 26.2 Å². The molecule has 0 aromatic heterocycles. The smallest absolute Gasteiger partial charge is 0.224 e. The Labute approximate surface area is 141 Å². The molecule has 128 valence electrons. The second kappa shape index (κ2) is 8.34. The van der Waals surface area contributed by atoms with Crippen LogP contribution >= 0.6 is 0 Å². The number of aryl methyl sites for hydroxylation is 2. The molecule has 0 heterocycles. The maximum Gasteiger partial charge on any atom is 0.224 e. The molecule has 0 saturated heterocycles. The van der Waals surface area contributed by atoms with E-state index in [1.807, 2.05) is 32.0 Å². The fourth-order valence-electron chi connectivity index (χ4n) is 2.38. The van der Waals surface area contributed by atoms with E-state index in [1.54, 1.807) is 6.07 Å². The van der Waals surface area contributed by atoms with Crippen LogP contribution in [0.2, 0.25) is 0 Å². The first-order valence-electron chi connectivity index (χ1n) is 7.79. The van der Waals surface area contributed by atoms with Crippen LogP contribution in [0.1, 0.15) is 16.7 Å². The Kier molecular flexibility index (Phi) is 6.18. The number of nitrogens with one attached hydrogen (secondary N) is 1. The van der Waals surface area contributed by atoms with E-state index in [9.17, 15) is 9.18 Å². The molecule has 2 aromatic carbocycles. The number of hydrogen-bond acceptors (Lipinski definition) is 3. The van der Waals surface area contributed by atoms with Crippen molar-refractivity contribution >= 4 is 5.91 Å². The van der Waals surface area contributed by atoms with Crippen LogP contribution in [0.3, 0.4) is 0 Å². The van der Waals surface area contributed by atoms with Crippen molar-refractivity contribution in [2.24, 2.45) is 0 Å². The van der Waals surface area contributed by atoms with Gasteiger partial charge in [-0.2, -0.15) is 0 Å². The number of benzene rings is 2. The van der Waals surface area contributed by atoms with Gasteiger partial charge in [-0.15, -0.1) is 0 Å². The Morgan fingerprint density at radius 1 is 1.12 bits per heavy atom. The molecule has 24 heavy (non-hydrogen) atoms. The molecule has 0 aliphatic rings. The highest BCUT2D eigenvalue weighted by Gasteiger charge is 2.07. The van der Waals surface area contributed by atoms with Gasteiger partial charge in [0.25, 0.3) is 0 Å². The predicted octanol–water partition coefficient (Wildman–Crippen LogP) is 3.19. The first-order chi connectivity index (χ1) is 11.5. The molecule has 0 aliphatic heterocycles. The van der Waals surface area contributed by atoms with E-state index in [2.05, 4.69) is 5.32 Å². The normalized spacial score (nSPS) is 10.3. The fourth-order valence-corrected chi connectivity index (χ4v) is 2.38. The maximum absolute atomic E-state index is 13.6. The van der Waals surface area contributed by atoms with Gasteiger partial charge in [-0.25, -0.2) is 4.39 Å². The molecule has 0 saturated carbocycles. The quantitative estimate of drug-likeness (QED) is 0.793. The summed E-state index contributed by atoms with van der Waals surface area (Å²) in [5, 5.41) is 2.76. The highest BCUT2D eigenvalue weighted by Crippen LogP contribution is 2.19. The number of carbonyl (C=O) groups excluding carboxylic acids is 1. The Balaban J connectivity index is 1.76. The molecule has 0 unspecified atom stereocenters. The van der Waals surface area contributed by atoms with Gasteiger partial charge < -0.3 is 14.8 Å². The van der Waals surface area contributed by atoms with Crippen LogP contribution in [0, 0.1) is 19.7 Å². The summed E-state index contributed by atoms with van der Waals surface area (Å²) in [5.74, 6) is 0.331. The van der Waals surface area contributed by atoms with Crippen LogP contribution in [0.15, 0.2) is 36.4 Å². The molecular formula is C19H22FNO3. The number of amides is 1. The number of ether oxygens (including phenoxy) is 2. The van der Waals surface area contributed by atoms with Crippen molar-refractivity contribution < 1.29 is 18.7 Å². The van der Waals surface area contributed by atoms with E-state index in [1.165, 1.54) is 24.8 Å². The predicted molar refractivity (Wildman–Crippen MR) is 91.1 cm³/mol. The molecule has 0 spiro atoms. The lowest BCUT2D eigenvalue weighted by molar-refractivity contribution is -0.120. The lowest BCUT2D eigenvalue weighted by atomic mass is 10.1. The van der Waals surface area contributed by atoms with Gasteiger partial charge in [0.05, 0.1) is 20.1 Å². The van der Waals surface area contributed by atoms with E-state index in [-0.39, 0.29) is 18.1 Å². The Morgan fingerprint density at radius 2 is 1.88 bits per heavy atom. The van der Waals surface area contributed by atoms with Gasteiger partial charge in [-0.05, 0) is 43.2 Å². The summed E-state index contributed by atoms with van der Waals surface area (Å²) in [7, 11) is 1.40. The van der Waals surface area contributed by atoms with Gasteiger partial charge in [0, 0.05) is 0 Å². The van der Waals surface area contributed by atoms with Gasteiger partial charge in [-0.3, -0.25) is 4.79 Å². The van der Waals surface area contributed by atoms with Gasteiger partial charge >= 0.3 is 0 Å². The minimum absolute atomic E-state index is 0.116. The third-order valence-corrected chi connectivity index (χ3v) is 3.59. The molecule has 2 aromatic rings. The Morgan fingerprint density at radius 3 is 2.54 bits per heavy atom. The molecule has 0 radical (unpaired) electrons. The van der Waals surface area contributed by atoms with Crippen LogP contribution in [0.5, 0.6) is 11.5 Å². The Hall–Kier alpha value is -2.56. The number of methoxy groups -OCH3 is 1. The molecule has 0 atom stereocenters. The van der Waals surface area contributed by atoms with E-state index in [0.717, 1.165) is 11.3 Å². The summed E-state index contributed by atoms with van der Waals surface area (Å²) in [6.45, 7) is 4.79. The molecule has 0 aliphatic carbocycles. The molecular weight excluding hydrogens is 309 g/mol. The lowest BCUT2D eigenvalue weighted by Crippen LogP contribution is -2.29. The second-order valence-corrected chi connectivity index (χ2v) is 5.61. The highest BCUT2D eigenvalue weighted by atomic mass is 19.1. The van der Waals surface area contributed by atoms with Gasteiger partial charge in [0.2, 0.25) is 5.91 Å². The molecule has 0 fully saturated rings. The minimum Gasteiger partial charge on any atom is -0.494 e. The summed E-state index contributed by atoms with van der Waals surface area (Å²) in [6.07, 6.45) is 0.116. The van der Waals surface area contributed by atoms with E-state index in [0.29, 0.717) is 18.7 Å². The zero-order chi connectivity index (χ0) is 17.5. The van der Waals surface area contributed by atoms with Crippen LogP contribution < -0.4 is 14.8 Å². The van der Waals surface area contributed by atoms with E-state index < -0.39 is 5.82 Å². The third kappa shape index (κ3) is 4.98. The first kappa shape index (κ1) is 17.8. The number of hydrogen-bond donors (Lipinski definition) is 1. The zero-order valence-electron chi connectivity index (χ0n) is 14.2. The summed E-state index contributed by atoms with van der Waals surface area (Å²) in [6, 6.07) is 10.5. The number of rotatable bonds is 7. The molecule has 1 N–H and O–H groups in total. The SMILES string of the molecule is COc1ccc(CC(=O)NCCOc2ccc(C)cc2C)cc1F. The summed E-state index contributed by atoms with van der Waals surface area (Å²) >= 11 is 0. The van der Waals surface area contributed by atoms with Gasteiger partial charge in [0.1, 0.15) is 12.4 Å². The largest absolute Gasteiger partial charge is 0.494 e. The maximum atomic E-state index is 13.6. The summed E-state index contributed by atoms with van der Waals surface area (Å²) in [4.78, 5) is 11.9. The average molecular weight is 331 g/mol. The van der Waals surface area contributed by atoms with E-state index in [4.69, 9.17) is 9.47 Å². The topological polar surface area (TPSA) is 47.6 Å². The Bertz CT molecular complexity index is 716. The van der Waals surface area contributed by atoms with Crippen molar-refractivity contribution in [2.75, 3.05) is 20.3 Å². The van der Waals surface area contributed by atoms with Crippen molar-refractivity contribution in [1.29, 1.82) is 0 Å². The molecule has 0 bridgehead atoms.